The van der Waals surface area contributed by atoms with Crippen LogP contribution in [0.4, 0.5) is 13.2 Å². The van der Waals surface area contributed by atoms with Crippen LogP contribution in [-0.4, -0.2) is 16.5 Å². The van der Waals surface area contributed by atoms with Gasteiger partial charge in [-0.2, -0.15) is 4.98 Å². The van der Waals surface area contributed by atoms with Crippen LogP contribution >= 0.6 is 0 Å². The van der Waals surface area contributed by atoms with Crippen LogP contribution in [0.1, 0.15) is 11.4 Å². The zero-order chi connectivity index (χ0) is 19.3. The predicted octanol–water partition coefficient (Wildman–Crippen LogP) is 3.60. The number of nitrogens with two attached hydrogens (primary N) is 1. The summed E-state index contributed by atoms with van der Waals surface area (Å²) in [5, 5.41) is 3.78. The minimum Gasteiger partial charge on any atom is -0.485 e. The second-order valence-corrected chi connectivity index (χ2v) is 5.34. The summed E-state index contributed by atoms with van der Waals surface area (Å²) < 4.78 is 51.0. The van der Waals surface area contributed by atoms with Gasteiger partial charge in [0.15, 0.2) is 6.61 Å². The number of nitrogens with zero attached hydrogens (tertiary/aromatic N) is 2. The summed E-state index contributed by atoms with van der Waals surface area (Å²) in [7, 11) is 0. The first-order valence-corrected chi connectivity index (χ1v) is 7.65. The van der Waals surface area contributed by atoms with Gasteiger partial charge in [-0.3, -0.25) is 4.84 Å². The largest absolute Gasteiger partial charge is 0.573 e. The number of alkyl halides is 3. The first-order chi connectivity index (χ1) is 12.9. The van der Waals surface area contributed by atoms with Gasteiger partial charge in [-0.15, -0.1) is 13.2 Å². The quantitative estimate of drug-likeness (QED) is 0.625. The van der Waals surface area contributed by atoms with Crippen molar-refractivity contribution in [1.82, 2.24) is 10.1 Å². The van der Waals surface area contributed by atoms with Crippen LogP contribution in [0.3, 0.4) is 0 Å². The SMILES string of the molecule is NOCc1cccc(OCc2noc(-c3ccc(OC(F)(F)F)cc3)n2)c1. The molecule has 0 radical (unpaired) electrons. The number of halogens is 3. The molecule has 27 heavy (non-hydrogen) atoms. The molecule has 0 fully saturated rings. The van der Waals surface area contributed by atoms with Crippen molar-refractivity contribution in [2.24, 2.45) is 5.90 Å². The van der Waals surface area contributed by atoms with Gasteiger partial charge in [0.2, 0.25) is 5.82 Å². The molecule has 2 N–H and O–H groups in total. The monoisotopic (exact) mass is 381 g/mol. The number of ether oxygens (including phenoxy) is 2. The molecule has 0 saturated carbocycles. The van der Waals surface area contributed by atoms with E-state index >= 15 is 0 Å². The van der Waals surface area contributed by atoms with Gasteiger partial charge in [-0.25, -0.2) is 5.90 Å². The van der Waals surface area contributed by atoms with Crippen LogP contribution in [0, 0.1) is 0 Å². The first-order valence-electron chi connectivity index (χ1n) is 7.65. The summed E-state index contributed by atoms with van der Waals surface area (Å²) in [6.07, 6.45) is -4.75. The van der Waals surface area contributed by atoms with E-state index in [1.807, 2.05) is 6.07 Å². The van der Waals surface area contributed by atoms with Crippen LogP contribution in [0.2, 0.25) is 0 Å². The zero-order valence-corrected chi connectivity index (χ0v) is 13.8. The van der Waals surface area contributed by atoms with E-state index in [9.17, 15) is 13.2 Å². The minimum absolute atomic E-state index is 0.0473. The van der Waals surface area contributed by atoms with Gasteiger partial charge >= 0.3 is 6.36 Å². The number of hydrogen-bond donors (Lipinski definition) is 1. The number of rotatable bonds is 7. The topological polar surface area (TPSA) is 92.6 Å². The van der Waals surface area contributed by atoms with Gasteiger partial charge in [0.1, 0.15) is 11.5 Å². The molecule has 10 heteroatoms. The Morgan fingerprint density at radius 1 is 1.00 bits per heavy atom. The third-order valence-corrected chi connectivity index (χ3v) is 3.32. The van der Waals surface area contributed by atoms with Gasteiger partial charge in [-0.1, -0.05) is 17.3 Å². The maximum Gasteiger partial charge on any atom is 0.573 e. The summed E-state index contributed by atoms with van der Waals surface area (Å²) in [5.74, 6) is 5.70. The molecule has 0 amide bonds. The molecule has 1 heterocycles. The van der Waals surface area contributed by atoms with Crippen molar-refractivity contribution in [3.63, 3.8) is 0 Å². The fraction of sp³-hybridized carbons (Fsp3) is 0.176. The van der Waals surface area contributed by atoms with Crippen molar-refractivity contribution < 1.29 is 32.0 Å². The van der Waals surface area contributed by atoms with Crippen molar-refractivity contribution in [3.8, 4) is 23.0 Å². The van der Waals surface area contributed by atoms with Crippen LogP contribution in [0.15, 0.2) is 53.1 Å². The van der Waals surface area contributed by atoms with E-state index in [1.54, 1.807) is 18.2 Å². The standard InChI is InChI=1S/C17H14F3N3O4/c18-17(19,20)26-13-6-4-12(5-7-13)16-22-15(23-27-16)10-24-14-3-1-2-11(8-14)9-25-21/h1-8H,9-10,21H2. The Kier molecular flexibility index (Phi) is 5.57. The van der Waals surface area contributed by atoms with E-state index < -0.39 is 6.36 Å². The fourth-order valence-electron chi connectivity index (χ4n) is 2.20. The fourth-order valence-corrected chi connectivity index (χ4v) is 2.20. The highest BCUT2D eigenvalue weighted by atomic mass is 19.4. The van der Waals surface area contributed by atoms with Crippen molar-refractivity contribution in [3.05, 3.63) is 59.9 Å². The van der Waals surface area contributed by atoms with E-state index in [2.05, 4.69) is 19.7 Å². The summed E-state index contributed by atoms with van der Waals surface area (Å²) in [6, 6.07) is 12.2. The summed E-state index contributed by atoms with van der Waals surface area (Å²) in [4.78, 5) is 8.71. The van der Waals surface area contributed by atoms with Gasteiger partial charge in [0.25, 0.3) is 5.89 Å². The molecule has 0 aliphatic carbocycles. The second kappa shape index (κ2) is 8.06. The van der Waals surface area contributed by atoms with E-state index in [4.69, 9.17) is 15.2 Å². The molecule has 7 nitrogen and oxygen atoms in total. The highest BCUT2D eigenvalue weighted by Gasteiger charge is 2.31. The van der Waals surface area contributed by atoms with Gasteiger partial charge in [0.05, 0.1) is 6.61 Å². The molecule has 0 unspecified atom stereocenters. The van der Waals surface area contributed by atoms with E-state index in [0.29, 0.717) is 11.3 Å². The summed E-state index contributed by atoms with van der Waals surface area (Å²) in [6.45, 7) is 0.295. The summed E-state index contributed by atoms with van der Waals surface area (Å²) >= 11 is 0. The minimum atomic E-state index is -4.75. The molecule has 1 aromatic heterocycles. The molecule has 2 aromatic carbocycles. The average molecular weight is 381 g/mol. The third kappa shape index (κ3) is 5.43. The highest BCUT2D eigenvalue weighted by molar-refractivity contribution is 5.54. The molecule has 3 aromatic rings. The second-order valence-electron chi connectivity index (χ2n) is 5.34. The Hall–Kier alpha value is -3.11. The van der Waals surface area contributed by atoms with E-state index in [0.717, 1.165) is 17.7 Å². The molecule has 142 valence electrons. The number of aromatic nitrogens is 2. The average Bonchev–Trinajstić information content (AvgIpc) is 3.09. The van der Waals surface area contributed by atoms with E-state index in [-0.39, 0.29) is 30.7 Å². The molecule has 0 aliphatic rings. The van der Waals surface area contributed by atoms with Crippen molar-refractivity contribution in [2.75, 3.05) is 0 Å². The smallest absolute Gasteiger partial charge is 0.485 e. The van der Waals surface area contributed by atoms with Crippen molar-refractivity contribution in [2.45, 2.75) is 19.6 Å². The predicted molar refractivity (Wildman–Crippen MR) is 86.2 cm³/mol. The molecule has 0 saturated heterocycles. The summed E-state index contributed by atoms with van der Waals surface area (Å²) in [5.41, 5.74) is 1.29. The molecule has 0 spiro atoms. The third-order valence-electron chi connectivity index (χ3n) is 3.32. The van der Waals surface area contributed by atoms with Crippen LogP contribution in [0.5, 0.6) is 11.5 Å². The Balaban J connectivity index is 1.62. The molecular formula is C17H14F3N3O4. The molecule has 3 rings (SSSR count). The van der Waals surface area contributed by atoms with E-state index in [1.165, 1.54) is 12.1 Å². The maximum absolute atomic E-state index is 12.2. The van der Waals surface area contributed by atoms with Crippen LogP contribution in [0.25, 0.3) is 11.5 Å². The van der Waals surface area contributed by atoms with Crippen molar-refractivity contribution >= 4 is 0 Å². The maximum atomic E-state index is 12.2. The zero-order valence-electron chi connectivity index (χ0n) is 13.8. The molecule has 0 bridgehead atoms. The highest BCUT2D eigenvalue weighted by Crippen LogP contribution is 2.26. The lowest BCUT2D eigenvalue weighted by atomic mass is 10.2. The van der Waals surface area contributed by atoms with Crippen LogP contribution in [-0.2, 0) is 18.1 Å². The lowest BCUT2D eigenvalue weighted by molar-refractivity contribution is -0.274. The normalized spacial score (nSPS) is 11.4. The van der Waals surface area contributed by atoms with Gasteiger partial charge in [-0.05, 0) is 42.0 Å². The number of hydrogen-bond acceptors (Lipinski definition) is 7. The van der Waals surface area contributed by atoms with Gasteiger partial charge in [0, 0.05) is 5.56 Å². The Morgan fingerprint density at radius 2 is 1.78 bits per heavy atom. The lowest BCUT2D eigenvalue weighted by Crippen LogP contribution is -2.16. The van der Waals surface area contributed by atoms with Crippen molar-refractivity contribution in [1.29, 1.82) is 0 Å². The van der Waals surface area contributed by atoms with Crippen LogP contribution < -0.4 is 15.4 Å². The Morgan fingerprint density at radius 3 is 2.48 bits per heavy atom. The lowest BCUT2D eigenvalue weighted by Gasteiger charge is -2.08. The Bertz CT molecular complexity index is 882. The number of benzene rings is 2. The molecular weight excluding hydrogens is 367 g/mol. The first kappa shape index (κ1) is 18.7. The molecule has 0 aliphatic heterocycles. The molecule has 0 atom stereocenters. The Labute approximate surface area is 151 Å². The van der Waals surface area contributed by atoms with Gasteiger partial charge < -0.3 is 14.0 Å².